The van der Waals surface area contributed by atoms with Crippen LogP contribution in [0.2, 0.25) is 0 Å². The lowest BCUT2D eigenvalue weighted by molar-refractivity contribution is -0.127. The highest BCUT2D eigenvalue weighted by Crippen LogP contribution is 2.21. The van der Waals surface area contributed by atoms with Crippen LogP contribution in [-0.4, -0.2) is 60.5 Å². The summed E-state index contributed by atoms with van der Waals surface area (Å²) in [7, 11) is 2.12. The van der Waals surface area contributed by atoms with Gasteiger partial charge in [0.15, 0.2) is 0 Å². The number of amides is 1. The molecular weight excluding hydrogens is 312 g/mol. The smallest absolute Gasteiger partial charge is 0.242 e. The number of likely N-dealkylation sites (N-methyl/N-ethyl adjacent to an activating group) is 1. The predicted octanol–water partition coefficient (Wildman–Crippen LogP) is 1.73. The second-order valence-corrected chi connectivity index (χ2v) is 6.55. The second kappa shape index (κ2) is 8.74. The minimum Gasteiger partial charge on any atom is -0.354 e. The second-order valence-electron chi connectivity index (χ2n) is 6.55. The van der Waals surface area contributed by atoms with E-state index in [1.165, 1.54) is 5.56 Å². The van der Waals surface area contributed by atoms with Gasteiger partial charge in [0.2, 0.25) is 5.91 Å². The molecule has 0 bridgehead atoms. The van der Waals surface area contributed by atoms with Crippen LogP contribution in [0.15, 0.2) is 54.9 Å². The molecule has 0 saturated carbocycles. The van der Waals surface area contributed by atoms with Crippen molar-refractivity contribution in [2.75, 3.05) is 39.8 Å². The number of hydrogen-bond acceptors (Lipinski definition) is 4. The lowest BCUT2D eigenvalue weighted by atomic mass is 10.1. The van der Waals surface area contributed by atoms with Gasteiger partial charge in [0, 0.05) is 45.1 Å². The Morgan fingerprint density at radius 2 is 1.88 bits per heavy atom. The highest BCUT2D eigenvalue weighted by molar-refractivity contribution is 5.83. The van der Waals surface area contributed by atoms with E-state index in [1.807, 2.05) is 30.3 Å². The average Bonchev–Trinajstić information content (AvgIpc) is 2.65. The van der Waals surface area contributed by atoms with E-state index in [9.17, 15) is 4.79 Å². The Balaban J connectivity index is 1.65. The van der Waals surface area contributed by atoms with Gasteiger partial charge in [0.05, 0.1) is 0 Å². The number of hydrogen-bond donors (Lipinski definition) is 1. The molecular formula is C20H26N4O. The molecule has 0 aliphatic carbocycles. The molecule has 5 nitrogen and oxygen atoms in total. The van der Waals surface area contributed by atoms with Crippen molar-refractivity contribution in [2.24, 2.45) is 0 Å². The summed E-state index contributed by atoms with van der Waals surface area (Å²) in [6, 6.07) is 13.9. The van der Waals surface area contributed by atoms with Crippen LogP contribution in [-0.2, 0) is 11.2 Å². The number of benzene rings is 1. The topological polar surface area (TPSA) is 48.5 Å². The van der Waals surface area contributed by atoms with E-state index in [0.717, 1.165) is 38.2 Å². The maximum absolute atomic E-state index is 12.9. The van der Waals surface area contributed by atoms with Crippen LogP contribution < -0.4 is 5.32 Å². The molecule has 0 spiro atoms. The number of piperazine rings is 1. The zero-order valence-corrected chi connectivity index (χ0v) is 14.8. The summed E-state index contributed by atoms with van der Waals surface area (Å²) in [6.07, 6.45) is 4.40. The van der Waals surface area contributed by atoms with Crippen molar-refractivity contribution >= 4 is 5.91 Å². The van der Waals surface area contributed by atoms with Crippen LogP contribution in [0.3, 0.4) is 0 Å². The van der Waals surface area contributed by atoms with Crippen LogP contribution in [0.4, 0.5) is 0 Å². The third-order valence-electron chi connectivity index (χ3n) is 4.71. The molecule has 1 saturated heterocycles. The summed E-state index contributed by atoms with van der Waals surface area (Å²) in [5, 5.41) is 3.12. The molecule has 1 aromatic carbocycles. The Labute approximate surface area is 149 Å². The van der Waals surface area contributed by atoms with Crippen molar-refractivity contribution in [2.45, 2.75) is 12.5 Å². The van der Waals surface area contributed by atoms with Crippen molar-refractivity contribution in [3.8, 4) is 0 Å². The quantitative estimate of drug-likeness (QED) is 0.871. The first-order chi connectivity index (χ1) is 12.2. The molecule has 1 atom stereocenters. The van der Waals surface area contributed by atoms with Crippen LogP contribution in [0, 0.1) is 0 Å². The van der Waals surface area contributed by atoms with Gasteiger partial charge in [-0.1, -0.05) is 36.4 Å². The summed E-state index contributed by atoms with van der Waals surface area (Å²) in [5.74, 6) is 0.0634. The van der Waals surface area contributed by atoms with Crippen LogP contribution in [0.1, 0.15) is 17.2 Å². The van der Waals surface area contributed by atoms with Crippen molar-refractivity contribution in [3.63, 3.8) is 0 Å². The molecule has 1 amide bonds. The molecule has 0 radical (unpaired) electrons. The van der Waals surface area contributed by atoms with E-state index >= 15 is 0 Å². The highest BCUT2D eigenvalue weighted by atomic mass is 16.2. The molecule has 3 rings (SSSR count). The number of nitrogens with zero attached hydrogens (tertiary/aromatic N) is 3. The van der Waals surface area contributed by atoms with Crippen LogP contribution in [0.5, 0.6) is 0 Å². The fraction of sp³-hybridized carbons (Fsp3) is 0.400. The summed E-state index contributed by atoms with van der Waals surface area (Å²) in [6.45, 7) is 4.39. The Hall–Kier alpha value is -2.24. The summed E-state index contributed by atoms with van der Waals surface area (Å²) < 4.78 is 0. The largest absolute Gasteiger partial charge is 0.354 e. The first-order valence-corrected chi connectivity index (χ1v) is 8.88. The molecule has 1 aliphatic heterocycles. The minimum atomic E-state index is -0.266. The Kier molecular flexibility index (Phi) is 6.14. The van der Waals surface area contributed by atoms with Crippen molar-refractivity contribution in [1.82, 2.24) is 20.1 Å². The van der Waals surface area contributed by atoms with Gasteiger partial charge < -0.3 is 10.2 Å². The number of rotatable bonds is 6. The maximum atomic E-state index is 12.9. The lowest BCUT2D eigenvalue weighted by Gasteiger charge is -2.37. The van der Waals surface area contributed by atoms with E-state index < -0.39 is 0 Å². The van der Waals surface area contributed by atoms with Gasteiger partial charge >= 0.3 is 0 Å². The fourth-order valence-electron chi connectivity index (χ4n) is 3.22. The lowest BCUT2D eigenvalue weighted by Crippen LogP contribution is -2.50. The van der Waals surface area contributed by atoms with Crippen molar-refractivity contribution in [1.29, 1.82) is 0 Å². The highest BCUT2D eigenvalue weighted by Gasteiger charge is 2.29. The van der Waals surface area contributed by atoms with Crippen molar-refractivity contribution < 1.29 is 4.79 Å². The summed E-state index contributed by atoms with van der Waals surface area (Å²) in [5.41, 5.74) is 2.20. The number of carbonyl (C=O) groups is 1. The minimum absolute atomic E-state index is 0.0634. The number of pyridine rings is 1. The Bertz CT molecular complexity index is 654. The van der Waals surface area contributed by atoms with E-state index in [-0.39, 0.29) is 11.9 Å². The number of aromatic nitrogens is 1. The van der Waals surface area contributed by atoms with Gasteiger partial charge in [-0.2, -0.15) is 0 Å². The molecule has 25 heavy (non-hydrogen) atoms. The predicted molar refractivity (Wildman–Crippen MR) is 99.2 cm³/mol. The Morgan fingerprint density at radius 3 is 2.56 bits per heavy atom. The zero-order valence-electron chi connectivity index (χ0n) is 14.8. The van der Waals surface area contributed by atoms with E-state index in [0.29, 0.717) is 6.54 Å². The monoisotopic (exact) mass is 338 g/mol. The SMILES string of the molecule is CN1CCN(C(C(=O)NCCc2ccccc2)c2cccnc2)CC1. The average molecular weight is 338 g/mol. The van der Waals surface area contributed by atoms with Crippen LogP contribution >= 0.6 is 0 Å². The van der Waals surface area contributed by atoms with E-state index in [2.05, 4.69) is 39.3 Å². The van der Waals surface area contributed by atoms with Gasteiger partial charge in [0.1, 0.15) is 6.04 Å². The number of nitrogens with one attached hydrogen (secondary N) is 1. The van der Waals surface area contributed by atoms with Gasteiger partial charge in [-0.05, 0) is 30.7 Å². The molecule has 2 heterocycles. The molecule has 5 heteroatoms. The Morgan fingerprint density at radius 1 is 1.12 bits per heavy atom. The molecule has 1 N–H and O–H groups in total. The van der Waals surface area contributed by atoms with Gasteiger partial charge in [-0.3, -0.25) is 14.7 Å². The zero-order chi connectivity index (χ0) is 17.5. The normalized spacial score (nSPS) is 17.2. The molecule has 1 aliphatic rings. The molecule has 1 fully saturated rings. The van der Waals surface area contributed by atoms with E-state index in [1.54, 1.807) is 12.4 Å². The first-order valence-electron chi connectivity index (χ1n) is 8.88. The third-order valence-corrected chi connectivity index (χ3v) is 4.71. The third kappa shape index (κ3) is 4.87. The molecule has 1 aromatic heterocycles. The van der Waals surface area contributed by atoms with Crippen molar-refractivity contribution in [3.05, 3.63) is 66.0 Å². The number of carbonyl (C=O) groups excluding carboxylic acids is 1. The molecule has 132 valence electrons. The fourth-order valence-corrected chi connectivity index (χ4v) is 3.22. The standard InChI is InChI=1S/C20H26N4O/c1-23-12-14-24(15-13-23)19(18-8-5-10-21-16-18)20(25)22-11-9-17-6-3-2-4-7-17/h2-8,10,16,19H,9,11-15H2,1H3,(H,22,25). The molecule has 1 unspecified atom stereocenters. The summed E-state index contributed by atoms with van der Waals surface area (Å²) in [4.78, 5) is 21.7. The van der Waals surface area contributed by atoms with Gasteiger partial charge in [-0.15, -0.1) is 0 Å². The van der Waals surface area contributed by atoms with Gasteiger partial charge in [-0.25, -0.2) is 0 Å². The first kappa shape index (κ1) is 17.6. The summed E-state index contributed by atoms with van der Waals surface area (Å²) >= 11 is 0. The maximum Gasteiger partial charge on any atom is 0.242 e. The van der Waals surface area contributed by atoms with E-state index in [4.69, 9.17) is 0 Å². The van der Waals surface area contributed by atoms with Gasteiger partial charge in [0.25, 0.3) is 0 Å². The van der Waals surface area contributed by atoms with Crippen LogP contribution in [0.25, 0.3) is 0 Å². The molecule has 2 aromatic rings.